The maximum absolute atomic E-state index is 13.1. The van der Waals surface area contributed by atoms with E-state index in [4.69, 9.17) is 4.74 Å². The van der Waals surface area contributed by atoms with Crippen molar-refractivity contribution < 1.29 is 24.2 Å². The normalized spacial score (nSPS) is 24.1. The van der Waals surface area contributed by atoms with Crippen molar-refractivity contribution in [3.63, 3.8) is 0 Å². The summed E-state index contributed by atoms with van der Waals surface area (Å²) in [7, 11) is 1.31. The highest BCUT2D eigenvalue weighted by Crippen LogP contribution is 2.49. The van der Waals surface area contributed by atoms with Gasteiger partial charge in [0, 0.05) is 10.4 Å². The predicted octanol–water partition coefficient (Wildman–Crippen LogP) is 4.28. The number of nitrogens with one attached hydrogen (secondary N) is 1. The molecular weight excluding hydrogens is 402 g/mol. The van der Waals surface area contributed by atoms with Crippen LogP contribution in [0.3, 0.4) is 0 Å². The van der Waals surface area contributed by atoms with Crippen LogP contribution >= 0.6 is 11.3 Å². The van der Waals surface area contributed by atoms with Gasteiger partial charge in [-0.25, -0.2) is 4.79 Å². The molecular formula is C23H23NO5S. The summed E-state index contributed by atoms with van der Waals surface area (Å²) in [4.78, 5) is 38.4. The summed E-state index contributed by atoms with van der Waals surface area (Å²) >= 11 is 1.30. The van der Waals surface area contributed by atoms with E-state index in [2.05, 4.69) is 5.32 Å². The molecule has 156 valence electrons. The van der Waals surface area contributed by atoms with Crippen molar-refractivity contribution in [2.45, 2.75) is 20.3 Å². The zero-order valence-electron chi connectivity index (χ0n) is 17.0. The first-order valence-corrected chi connectivity index (χ1v) is 10.6. The van der Waals surface area contributed by atoms with Gasteiger partial charge >= 0.3 is 11.9 Å². The van der Waals surface area contributed by atoms with Gasteiger partial charge in [-0.05, 0) is 37.7 Å². The maximum atomic E-state index is 13.1. The highest BCUT2D eigenvalue weighted by Gasteiger charge is 2.51. The van der Waals surface area contributed by atoms with E-state index in [9.17, 15) is 19.5 Å². The van der Waals surface area contributed by atoms with Crippen LogP contribution in [-0.4, -0.2) is 30.1 Å². The first kappa shape index (κ1) is 20.3. The average Bonchev–Trinajstić information content (AvgIpc) is 3.41. The average molecular weight is 426 g/mol. The second-order valence-corrected chi connectivity index (χ2v) is 9.15. The summed E-state index contributed by atoms with van der Waals surface area (Å²) in [6, 6.07) is 7.79. The molecule has 2 aliphatic rings. The molecule has 4 atom stereocenters. The van der Waals surface area contributed by atoms with E-state index in [0.717, 1.165) is 21.6 Å². The number of hydrogen-bond donors (Lipinski definition) is 2. The van der Waals surface area contributed by atoms with E-state index < -0.39 is 23.8 Å². The fourth-order valence-electron chi connectivity index (χ4n) is 4.71. The Bertz CT molecular complexity index is 1050. The van der Waals surface area contributed by atoms with Crippen molar-refractivity contribution in [1.29, 1.82) is 0 Å². The van der Waals surface area contributed by atoms with Gasteiger partial charge in [-0.3, -0.25) is 9.59 Å². The van der Waals surface area contributed by atoms with Crippen LogP contribution in [0, 0.1) is 37.5 Å². The van der Waals surface area contributed by atoms with Crippen LogP contribution < -0.4 is 5.32 Å². The Balaban J connectivity index is 1.71. The monoisotopic (exact) mass is 425 g/mol. The van der Waals surface area contributed by atoms with Crippen LogP contribution in [0.5, 0.6) is 0 Å². The van der Waals surface area contributed by atoms with Gasteiger partial charge in [-0.15, -0.1) is 11.3 Å². The molecule has 2 N–H and O–H groups in total. The summed E-state index contributed by atoms with van der Waals surface area (Å²) in [6.45, 7) is 3.88. The molecule has 2 aromatic rings. The van der Waals surface area contributed by atoms with Gasteiger partial charge in [0.05, 0.1) is 18.9 Å². The fraction of sp³-hybridized carbons (Fsp3) is 0.348. The molecule has 0 saturated heterocycles. The molecule has 7 heteroatoms. The summed E-state index contributed by atoms with van der Waals surface area (Å²) < 4.78 is 5.00. The number of aryl methyl sites for hydroxylation is 2. The third-order valence-corrected chi connectivity index (χ3v) is 7.12. The van der Waals surface area contributed by atoms with E-state index >= 15 is 0 Å². The number of aliphatic carboxylic acids is 1. The van der Waals surface area contributed by atoms with Gasteiger partial charge in [-0.2, -0.15) is 0 Å². The molecule has 0 unspecified atom stereocenters. The molecule has 0 aliphatic heterocycles. The lowest BCUT2D eigenvalue weighted by Crippen LogP contribution is -2.36. The Morgan fingerprint density at radius 3 is 2.30 bits per heavy atom. The molecule has 30 heavy (non-hydrogen) atoms. The lowest BCUT2D eigenvalue weighted by Gasteiger charge is -2.23. The first-order valence-electron chi connectivity index (χ1n) is 9.82. The Labute approximate surface area is 178 Å². The highest BCUT2D eigenvalue weighted by molar-refractivity contribution is 7.17. The molecule has 1 amide bonds. The number of carboxylic acids is 1. The van der Waals surface area contributed by atoms with Crippen LogP contribution in [0.2, 0.25) is 0 Å². The molecule has 1 fully saturated rings. The topological polar surface area (TPSA) is 92.7 Å². The smallest absolute Gasteiger partial charge is 0.341 e. The van der Waals surface area contributed by atoms with E-state index in [0.29, 0.717) is 17.0 Å². The summed E-state index contributed by atoms with van der Waals surface area (Å²) in [5.41, 5.74) is 3.00. The summed E-state index contributed by atoms with van der Waals surface area (Å²) in [6.07, 6.45) is 4.52. The second kappa shape index (κ2) is 7.72. The van der Waals surface area contributed by atoms with Gasteiger partial charge in [0.2, 0.25) is 5.91 Å². The number of benzene rings is 1. The SMILES string of the molecule is COC(=O)c1c(NC(=O)[C@@H]2[C@@H](C(=O)O)[C@H]3C=C[C@H]2C3)sc(C)c1-c1ccc(C)cc1. The number of methoxy groups -OCH3 is 1. The zero-order chi connectivity index (χ0) is 21.6. The molecule has 0 radical (unpaired) electrons. The van der Waals surface area contributed by atoms with Crippen molar-refractivity contribution in [2.75, 3.05) is 12.4 Å². The Hall–Kier alpha value is -2.93. The number of carbonyl (C=O) groups excluding carboxylic acids is 2. The Morgan fingerprint density at radius 2 is 1.70 bits per heavy atom. The molecule has 1 aromatic heterocycles. The largest absolute Gasteiger partial charge is 0.481 e. The quantitative estimate of drug-likeness (QED) is 0.551. The van der Waals surface area contributed by atoms with Crippen LogP contribution in [0.15, 0.2) is 36.4 Å². The van der Waals surface area contributed by atoms with Crippen molar-refractivity contribution in [1.82, 2.24) is 0 Å². The Morgan fingerprint density at radius 1 is 1.07 bits per heavy atom. The van der Waals surface area contributed by atoms with E-state index in [1.807, 2.05) is 50.3 Å². The minimum absolute atomic E-state index is 0.0877. The molecule has 4 rings (SSSR count). The van der Waals surface area contributed by atoms with Crippen LogP contribution in [0.4, 0.5) is 5.00 Å². The molecule has 2 bridgehead atoms. The fourth-order valence-corrected chi connectivity index (χ4v) is 5.78. The number of ether oxygens (including phenoxy) is 1. The Kier molecular flexibility index (Phi) is 5.24. The number of amides is 1. The minimum atomic E-state index is -0.956. The number of esters is 1. The van der Waals surface area contributed by atoms with E-state index in [1.165, 1.54) is 18.4 Å². The number of carboxylic acid groups (broad SMARTS) is 1. The van der Waals surface area contributed by atoms with Crippen LogP contribution in [0.1, 0.15) is 27.2 Å². The molecule has 2 aliphatic carbocycles. The molecule has 1 aromatic carbocycles. The number of allylic oxidation sites excluding steroid dienone is 2. The van der Waals surface area contributed by atoms with Crippen molar-refractivity contribution in [2.24, 2.45) is 23.7 Å². The van der Waals surface area contributed by atoms with Gasteiger partial charge in [0.1, 0.15) is 10.6 Å². The molecule has 1 saturated carbocycles. The minimum Gasteiger partial charge on any atom is -0.481 e. The zero-order valence-corrected chi connectivity index (χ0v) is 17.8. The van der Waals surface area contributed by atoms with E-state index in [1.54, 1.807) is 0 Å². The van der Waals surface area contributed by atoms with Gasteiger partial charge in [-0.1, -0.05) is 42.0 Å². The van der Waals surface area contributed by atoms with Crippen molar-refractivity contribution in [3.8, 4) is 11.1 Å². The number of thiophene rings is 1. The van der Waals surface area contributed by atoms with Gasteiger partial charge in [0.15, 0.2) is 0 Å². The van der Waals surface area contributed by atoms with Crippen LogP contribution in [0.25, 0.3) is 11.1 Å². The number of hydrogen-bond acceptors (Lipinski definition) is 5. The third kappa shape index (κ3) is 3.33. The maximum Gasteiger partial charge on any atom is 0.341 e. The van der Waals surface area contributed by atoms with Crippen molar-refractivity contribution in [3.05, 3.63) is 52.4 Å². The van der Waals surface area contributed by atoms with Crippen LogP contribution in [-0.2, 0) is 14.3 Å². The van der Waals surface area contributed by atoms with E-state index in [-0.39, 0.29) is 17.7 Å². The predicted molar refractivity (Wildman–Crippen MR) is 115 cm³/mol. The number of rotatable bonds is 5. The lowest BCUT2D eigenvalue weighted by atomic mass is 9.82. The van der Waals surface area contributed by atoms with Crippen molar-refractivity contribution >= 4 is 34.2 Å². The summed E-state index contributed by atoms with van der Waals surface area (Å²) in [5.74, 6) is -3.43. The first-order chi connectivity index (χ1) is 14.3. The highest BCUT2D eigenvalue weighted by atomic mass is 32.1. The lowest BCUT2D eigenvalue weighted by molar-refractivity contribution is -0.146. The summed E-state index contributed by atoms with van der Waals surface area (Å²) in [5, 5.41) is 12.9. The standard InChI is InChI=1S/C23H23NO5S/c1-11-4-6-13(7-5-11)16-12(2)30-21(19(16)23(28)29-3)24-20(25)17-14-8-9-15(10-14)18(17)22(26)27/h4-9,14-15,17-18H,10H2,1-3H3,(H,24,25)(H,26,27)/t14-,15-,17-,18-/m0/s1. The number of anilines is 1. The third-order valence-electron chi connectivity index (χ3n) is 6.10. The molecule has 6 nitrogen and oxygen atoms in total. The molecule has 1 heterocycles. The number of carbonyl (C=O) groups is 3. The van der Waals surface area contributed by atoms with Gasteiger partial charge < -0.3 is 15.2 Å². The molecule has 0 spiro atoms. The number of fused-ring (bicyclic) bond motifs is 2. The van der Waals surface area contributed by atoms with Gasteiger partial charge in [0.25, 0.3) is 0 Å². The second-order valence-electron chi connectivity index (χ2n) is 7.92.